The van der Waals surface area contributed by atoms with Crippen molar-refractivity contribution in [2.75, 3.05) is 50.6 Å². The van der Waals surface area contributed by atoms with Gasteiger partial charge in [-0.15, -0.1) is 11.3 Å². The predicted molar refractivity (Wildman–Crippen MR) is 153 cm³/mol. The summed E-state index contributed by atoms with van der Waals surface area (Å²) >= 11 is 1.18. The summed E-state index contributed by atoms with van der Waals surface area (Å²) in [7, 11) is 3.58. The number of hydrogen-bond acceptors (Lipinski definition) is 9. The Bertz CT molecular complexity index is 1520. The highest BCUT2D eigenvalue weighted by molar-refractivity contribution is 7.21. The number of amides is 1. The number of benzene rings is 2. The van der Waals surface area contributed by atoms with E-state index in [9.17, 15) is 9.18 Å². The zero-order valence-electron chi connectivity index (χ0n) is 22.3. The van der Waals surface area contributed by atoms with Crippen molar-refractivity contribution in [1.82, 2.24) is 14.9 Å². The average Bonchev–Trinajstić information content (AvgIpc) is 3.29. The number of carbonyl (C=O) groups is 1. The monoisotopic (exact) mass is 550 g/mol. The number of aromatic nitrogens is 2. The Labute approximate surface area is 230 Å². The topological polar surface area (TPSA) is 106 Å². The van der Waals surface area contributed by atoms with E-state index in [0.717, 1.165) is 31.9 Å². The lowest BCUT2D eigenvalue weighted by molar-refractivity contribution is 0.100. The molecule has 0 spiro atoms. The zero-order valence-corrected chi connectivity index (χ0v) is 23.1. The van der Waals surface area contributed by atoms with Crippen LogP contribution in [0, 0.1) is 5.82 Å². The molecule has 1 amide bonds. The molecule has 0 aliphatic carbocycles. The van der Waals surface area contributed by atoms with Crippen molar-refractivity contribution in [3.8, 4) is 22.6 Å². The van der Waals surface area contributed by atoms with E-state index in [-0.39, 0.29) is 11.9 Å². The molecule has 204 valence electrons. The molecule has 11 heteroatoms. The highest BCUT2D eigenvalue weighted by Crippen LogP contribution is 2.42. The van der Waals surface area contributed by atoms with E-state index in [4.69, 9.17) is 20.2 Å². The van der Waals surface area contributed by atoms with E-state index in [1.165, 1.54) is 30.6 Å². The minimum Gasteiger partial charge on any atom is -0.496 e. The maximum absolute atomic E-state index is 13.9. The van der Waals surface area contributed by atoms with Gasteiger partial charge in [0.25, 0.3) is 5.91 Å². The lowest BCUT2D eigenvalue weighted by Crippen LogP contribution is -2.44. The Morgan fingerprint density at radius 3 is 2.59 bits per heavy atom. The highest BCUT2D eigenvalue weighted by atomic mass is 32.1. The molecule has 2 aromatic carbocycles. The first-order valence-corrected chi connectivity index (χ1v) is 13.5. The summed E-state index contributed by atoms with van der Waals surface area (Å²) in [6, 6.07) is 10.2. The third-order valence-corrected chi connectivity index (χ3v) is 7.66. The number of nitrogens with two attached hydrogens (primary N) is 1. The highest BCUT2D eigenvalue weighted by Gasteiger charge is 2.23. The summed E-state index contributed by atoms with van der Waals surface area (Å²) in [6.45, 7) is 7.86. The van der Waals surface area contributed by atoms with Crippen molar-refractivity contribution in [3.05, 3.63) is 53.3 Å². The van der Waals surface area contributed by atoms with E-state index in [2.05, 4.69) is 33.2 Å². The number of piperazine rings is 1. The Hall–Kier alpha value is -3.96. The first kappa shape index (κ1) is 26.6. The predicted octanol–water partition coefficient (Wildman–Crippen LogP) is 4.89. The number of primary amides is 1. The molecular formula is C28H31FN6O3S. The van der Waals surface area contributed by atoms with E-state index < -0.39 is 11.7 Å². The van der Waals surface area contributed by atoms with Crippen LogP contribution in [0.15, 0.2) is 42.6 Å². The molecule has 0 unspecified atom stereocenters. The normalized spacial score (nSPS) is 14.2. The van der Waals surface area contributed by atoms with Gasteiger partial charge in [-0.2, -0.15) is 0 Å². The van der Waals surface area contributed by atoms with E-state index in [0.29, 0.717) is 43.6 Å². The Kier molecular flexibility index (Phi) is 7.53. The van der Waals surface area contributed by atoms with Crippen molar-refractivity contribution in [3.63, 3.8) is 0 Å². The smallest absolute Gasteiger partial charge is 0.259 e. The van der Waals surface area contributed by atoms with Gasteiger partial charge in [0.2, 0.25) is 5.95 Å². The maximum atomic E-state index is 13.9. The number of thiophene rings is 1. The second-order valence-electron chi connectivity index (χ2n) is 9.68. The number of nitrogens with one attached hydrogen (secondary N) is 1. The molecule has 1 aliphatic heterocycles. The minimum atomic E-state index is -0.610. The molecule has 0 atom stereocenters. The summed E-state index contributed by atoms with van der Waals surface area (Å²) in [6.07, 6.45) is 1.60. The molecule has 4 aromatic rings. The summed E-state index contributed by atoms with van der Waals surface area (Å²) in [5.41, 5.74) is 9.03. The summed E-state index contributed by atoms with van der Waals surface area (Å²) in [5.74, 6) is 0.220. The fraction of sp³-hybridized carbons (Fsp3) is 0.321. The molecule has 3 N–H and O–H groups in total. The molecule has 3 heterocycles. The van der Waals surface area contributed by atoms with E-state index >= 15 is 0 Å². The van der Waals surface area contributed by atoms with Gasteiger partial charge in [-0.25, -0.2) is 14.4 Å². The number of rotatable bonds is 8. The van der Waals surface area contributed by atoms with Crippen LogP contribution in [0.4, 0.5) is 21.7 Å². The molecule has 39 heavy (non-hydrogen) atoms. The van der Waals surface area contributed by atoms with Crippen molar-refractivity contribution in [1.29, 1.82) is 0 Å². The van der Waals surface area contributed by atoms with Crippen molar-refractivity contribution >= 4 is 44.8 Å². The molecule has 5 rings (SSSR count). The number of ether oxygens (including phenoxy) is 2. The average molecular weight is 551 g/mol. The summed E-state index contributed by atoms with van der Waals surface area (Å²) < 4.78 is 26.2. The number of carbonyl (C=O) groups excluding carboxylic acids is 1. The van der Waals surface area contributed by atoms with Gasteiger partial charge in [0.05, 0.1) is 35.3 Å². The Balaban J connectivity index is 1.54. The molecule has 1 aliphatic rings. The number of anilines is 3. The Morgan fingerprint density at radius 1 is 1.13 bits per heavy atom. The van der Waals surface area contributed by atoms with Crippen LogP contribution < -0.4 is 25.4 Å². The van der Waals surface area contributed by atoms with Crippen molar-refractivity contribution in [2.24, 2.45) is 5.73 Å². The Morgan fingerprint density at radius 2 is 1.90 bits per heavy atom. The number of hydrogen-bond donors (Lipinski definition) is 2. The van der Waals surface area contributed by atoms with Gasteiger partial charge in [0, 0.05) is 55.1 Å². The third kappa shape index (κ3) is 5.59. The molecule has 1 saturated heterocycles. The fourth-order valence-corrected chi connectivity index (χ4v) is 5.57. The van der Waals surface area contributed by atoms with Crippen molar-refractivity contribution < 1.29 is 18.7 Å². The number of nitrogens with zero attached hydrogens (tertiary/aromatic N) is 4. The second-order valence-corrected chi connectivity index (χ2v) is 10.7. The van der Waals surface area contributed by atoms with E-state index in [1.54, 1.807) is 12.3 Å². The van der Waals surface area contributed by atoms with Gasteiger partial charge in [-0.1, -0.05) is 0 Å². The number of likely N-dealkylation sites (N-methyl/N-ethyl adjacent to an activating group) is 1. The molecule has 1 fully saturated rings. The van der Waals surface area contributed by atoms with Crippen LogP contribution in [0.3, 0.4) is 0 Å². The SMILES string of the molecule is COc1cc(F)ccc1-c1c(C(N)=O)sc2cnc(Nc3ccc(N4CCN(C)CC4)cc3OC(C)C)nc12. The lowest BCUT2D eigenvalue weighted by Gasteiger charge is -2.34. The maximum Gasteiger partial charge on any atom is 0.259 e. The molecule has 0 radical (unpaired) electrons. The quantitative estimate of drug-likeness (QED) is 0.320. The molecular weight excluding hydrogens is 519 g/mol. The largest absolute Gasteiger partial charge is 0.496 e. The lowest BCUT2D eigenvalue weighted by atomic mass is 10.0. The minimum absolute atomic E-state index is 0.0378. The van der Waals surface area contributed by atoms with Gasteiger partial charge in [-0.3, -0.25) is 4.79 Å². The van der Waals surface area contributed by atoms with E-state index in [1.807, 2.05) is 26.0 Å². The zero-order chi connectivity index (χ0) is 27.7. The first-order chi connectivity index (χ1) is 18.7. The van der Waals surface area contributed by atoms with Gasteiger partial charge in [0.15, 0.2) is 0 Å². The summed E-state index contributed by atoms with van der Waals surface area (Å²) in [5, 5.41) is 3.29. The van der Waals surface area contributed by atoms with Crippen LogP contribution in [0.25, 0.3) is 21.3 Å². The van der Waals surface area contributed by atoms with Gasteiger partial charge in [0.1, 0.15) is 22.2 Å². The van der Waals surface area contributed by atoms with Crippen LogP contribution in [0.1, 0.15) is 23.5 Å². The van der Waals surface area contributed by atoms with Gasteiger partial charge >= 0.3 is 0 Å². The number of halogens is 1. The summed E-state index contributed by atoms with van der Waals surface area (Å²) in [4.78, 5) is 26.5. The number of fused-ring (bicyclic) bond motifs is 1. The fourth-order valence-electron chi connectivity index (χ4n) is 4.60. The molecule has 0 bridgehead atoms. The van der Waals surface area contributed by atoms with Crippen LogP contribution in [0.5, 0.6) is 11.5 Å². The van der Waals surface area contributed by atoms with Crippen LogP contribution in [-0.4, -0.2) is 67.2 Å². The standard InChI is InChI=1S/C28H31FN6O3S/c1-16(2)38-22-14-18(35-11-9-34(3)10-12-35)6-8-20(22)32-28-31-15-23-25(33-28)24(26(39-23)27(30)36)19-7-5-17(29)13-21(19)37-4/h5-8,13-16H,9-12H2,1-4H3,(H2,30,36)(H,31,32,33). The van der Waals surface area contributed by atoms with Crippen molar-refractivity contribution in [2.45, 2.75) is 20.0 Å². The molecule has 0 saturated carbocycles. The first-order valence-electron chi connectivity index (χ1n) is 12.7. The van der Waals surface area contributed by atoms with Crippen LogP contribution in [0.2, 0.25) is 0 Å². The molecule has 9 nitrogen and oxygen atoms in total. The third-order valence-electron chi connectivity index (χ3n) is 6.53. The second kappa shape index (κ2) is 11.0. The molecule has 2 aromatic heterocycles. The van der Waals surface area contributed by atoms with Gasteiger partial charge < -0.3 is 30.3 Å². The number of methoxy groups -OCH3 is 1. The van der Waals surface area contributed by atoms with Gasteiger partial charge in [-0.05, 0) is 45.2 Å². The van der Waals surface area contributed by atoms with Crippen LogP contribution >= 0.6 is 11.3 Å². The van der Waals surface area contributed by atoms with Crippen LogP contribution in [-0.2, 0) is 0 Å².